The van der Waals surface area contributed by atoms with Crippen LogP contribution in [-0.4, -0.2) is 70.1 Å². The Balaban J connectivity index is 1.08. The standard InChI is InChI=1S/C27H26FN11O3/c1-13-17(8-32-26(33-13)36-24(40)15-5-6-15)22-31-9-18(28)23(35-22)30-7-16-11-38-12-20(29-10-19(38)34-16)39-21(14-3-4-14)25(41)37(2)27(39)42/h8-12,14-15,21H,3-7H2,1-2H3,(H,30,31,35)(H,32,33,36,40). The lowest BCUT2D eigenvalue weighted by Gasteiger charge is -2.20. The molecule has 15 heteroatoms. The molecule has 0 bridgehead atoms. The molecule has 2 aliphatic carbocycles. The van der Waals surface area contributed by atoms with Crippen LogP contribution >= 0.6 is 0 Å². The summed E-state index contributed by atoms with van der Waals surface area (Å²) in [6, 6.07) is -0.946. The van der Waals surface area contributed by atoms with Crippen molar-refractivity contribution in [2.75, 3.05) is 22.6 Å². The van der Waals surface area contributed by atoms with Crippen molar-refractivity contribution in [1.82, 2.24) is 39.2 Å². The highest BCUT2D eigenvalue weighted by Crippen LogP contribution is 2.40. The van der Waals surface area contributed by atoms with Crippen molar-refractivity contribution in [2.45, 2.75) is 45.2 Å². The van der Waals surface area contributed by atoms with Crippen LogP contribution in [0.1, 0.15) is 37.1 Å². The maximum Gasteiger partial charge on any atom is 0.332 e. The van der Waals surface area contributed by atoms with Gasteiger partial charge in [-0.15, -0.1) is 0 Å². The van der Waals surface area contributed by atoms with Crippen LogP contribution in [0, 0.1) is 24.6 Å². The van der Waals surface area contributed by atoms with E-state index >= 15 is 0 Å². The highest BCUT2D eigenvalue weighted by Gasteiger charge is 2.51. The van der Waals surface area contributed by atoms with Crippen molar-refractivity contribution >= 4 is 41.1 Å². The smallest absolute Gasteiger partial charge is 0.332 e. The van der Waals surface area contributed by atoms with Crippen LogP contribution in [0.15, 0.2) is 31.0 Å². The Bertz CT molecular complexity index is 1770. The summed E-state index contributed by atoms with van der Waals surface area (Å²) in [4.78, 5) is 66.0. The molecule has 42 heavy (non-hydrogen) atoms. The molecular weight excluding hydrogens is 545 g/mol. The first-order chi connectivity index (χ1) is 20.3. The van der Waals surface area contributed by atoms with E-state index in [1.54, 1.807) is 23.7 Å². The number of fused-ring (bicyclic) bond motifs is 1. The number of carbonyl (C=O) groups is 3. The van der Waals surface area contributed by atoms with Crippen LogP contribution in [0.5, 0.6) is 0 Å². The van der Waals surface area contributed by atoms with E-state index in [4.69, 9.17) is 0 Å². The summed E-state index contributed by atoms with van der Waals surface area (Å²) < 4.78 is 16.4. The molecule has 14 nitrogen and oxygen atoms in total. The van der Waals surface area contributed by atoms with Gasteiger partial charge in [-0.2, -0.15) is 0 Å². The lowest BCUT2D eigenvalue weighted by molar-refractivity contribution is -0.126. The predicted octanol–water partition coefficient (Wildman–Crippen LogP) is 2.56. The van der Waals surface area contributed by atoms with E-state index in [2.05, 4.69) is 40.5 Å². The van der Waals surface area contributed by atoms with E-state index in [1.165, 1.54) is 24.3 Å². The van der Waals surface area contributed by atoms with Crippen molar-refractivity contribution < 1.29 is 18.8 Å². The third-order valence-corrected chi connectivity index (χ3v) is 7.63. The number of aromatic nitrogens is 7. The Morgan fingerprint density at radius 1 is 1.02 bits per heavy atom. The Morgan fingerprint density at radius 2 is 1.83 bits per heavy atom. The lowest BCUT2D eigenvalue weighted by Crippen LogP contribution is -2.37. The minimum atomic E-state index is -0.647. The number of imidazole rings is 1. The number of imide groups is 1. The highest BCUT2D eigenvalue weighted by atomic mass is 19.1. The molecule has 2 saturated carbocycles. The number of likely N-dealkylation sites (N-methyl/N-ethyl adjacent to an activating group) is 1. The molecule has 0 spiro atoms. The number of hydrogen-bond donors (Lipinski definition) is 2. The quantitative estimate of drug-likeness (QED) is 0.300. The van der Waals surface area contributed by atoms with Crippen molar-refractivity contribution in [1.29, 1.82) is 0 Å². The third-order valence-electron chi connectivity index (χ3n) is 7.63. The molecule has 1 atom stereocenters. The molecule has 5 heterocycles. The highest BCUT2D eigenvalue weighted by molar-refractivity contribution is 6.13. The number of nitrogens with one attached hydrogen (secondary N) is 2. The van der Waals surface area contributed by atoms with E-state index < -0.39 is 17.9 Å². The van der Waals surface area contributed by atoms with Gasteiger partial charge in [-0.3, -0.25) is 24.7 Å². The fourth-order valence-electron chi connectivity index (χ4n) is 5.00. The van der Waals surface area contributed by atoms with Gasteiger partial charge in [0.15, 0.2) is 28.9 Å². The Hall–Kier alpha value is -5.08. The fourth-order valence-corrected chi connectivity index (χ4v) is 5.00. The van der Waals surface area contributed by atoms with E-state index in [1.807, 2.05) is 0 Å². The zero-order valence-corrected chi connectivity index (χ0v) is 22.8. The molecule has 1 saturated heterocycles. The second-order valence-electron chi connectivity index (χ2n) is 10.8. The first-order valence-corrected chi connectivity index (χ1v) is 13.6. The van der Waals surface area contributed by atoms with E-state index in [0.717, 1.165) is 36.8 Å². The van der Waals surface area contributed by atoms with Crippen LogP contribution in [-0.2, 0) is 16.1 Å². The second kappa shape index (κ2) is 9.78. The molecule has 7 rings (SSSR count). The van der Waals surface area contributed by atoms with E-state index in [9.17, 15) is 18.8 Å². The maximum absolute atomic E-state index is 14.6. The molecule has 214 valence electrons. The molecule has 0 aromatic carbocycles. The maximum atomic E-state index is 14.6. The topological polar surface area (TPSA) is 164 Å². The van der Waals surface area contributed by atoms with Gasteiger partial charge in [-0.25, -0.2) is 39.1 Å². The zero-order valence-electron chi connectivity index (χ0n) is 22.8. The number of aryl methyl sites for hydroxylation is 1. The monoisotopic (exact) mass is 571 g/mol. The minimum absolute atomic E-state index is 0.0236. The lowest BCUT2D eigenvalue weighted by atomic mass is 10.1. The minimum Gasteiger partial charge on any atom is -0.362 e. The number of urea groups is 1. The summed E-state index contributed by atoms with van der Waals surface area (Å²) in [7, 11) is 1.48. The van der Waals surface area contributed by atoms with Crippen LogP contribution in [0.4, 0.5) is 26.8 Å². The first kappa shape index (κ1) is 25.9. The van der Waals surface area contributed by atoms with Gasteiger partial charge < -0.3 is 9.72 Å². The summed E-state index contributed by atoms with van der Waals surface area (Å²) in [6.07, 6.45) is 11.0. The van der Waals surface area contributed by atoms with Gasteiger partial charge in [-0.05, 0) is 38.5 Å². The number of nitrogens with zero attached hydrogens (tertiary/aromatic N) is 9. The molecule has 4 amide bonds. The molecule has 4 aromatic heterocycles. The van der Waals surface area contributed by atoms with Crippen molar-refractivity contribution in [3.63, 3.8) is 0 Å². The molecular formula is C27H26FN11O3. The number of rotatable bonds is 8. The van der Waals surface area contributed by atoms with Gasteiger partial charge in [0.25, 0.3) is 5.91 Å². The molecule has 3 aliphatic rings. The van der Waals surface area contributed by atoms with Crippen molar-refractivity contribution in [3.8, 4) is 11.4 Å². The van der Waals surface area contributed by atoms with E-state index in [-0.39, 0.29) is 47.8 Å². The van der Waals surface area contributed by atoms with Crippen LogP contribution in [0.3, 0.4) is 0 Å². The predicted molar refractivity (Wildman–Crippen MR) is 147 cm³/mol. The SMILES string of the molecule is Cc1nc(NC(=O)C2CC2)ncc1-c1ncc(F)c(NCc2cn3cc(N4C(=O)N(C)C(=O)C4C4CC4)ncc3n2)n1. The summed E-state index contributed by atoms with van der Waals surface area (Å²) in [5, 5.41) is 5.66. The molecule has 4 aromatic rings. The number of carbonyl (C=O) groups excluding carboxylic acids is 3. The zero-order chi connectivity index (χ0) is 29.1. The van der Waals surface area contributed by atoms with Gasteiger partial charge in [0.1, 0.15) is 6.04 Å². The summed E-state index contributed by atoms with van der Waals surface area (Å²) >= 11 is 0. The van der Waals surface area contributed by atoms with Gasteiger partial charge in [-0.1, -0.05) is 0 Å². The Labute approximate surface area is 238 Å². The molecule has 3 fully saturated rings. The third kappa shape index (κ3) is 4.65. The van der Waals surface area contributed by atoms with E-state index in [0.29, 0.717) is 28.4 Å². The molecule has 1 unspecified atom stereocenters. The fraction of sp³-hybridized carbons (Fsp3) is 0.370. The number of hydrogen-bond acceptors (Lipinski definition) is 10. The largest absolute Gasteiger partial charge is 0.362 e. The van der Waals surface area contributed by atoms with Crippen LogP contribution < -0.4 is 15.5 Å². The van der Waals surface area contributed by atoms with Crippen molar-refractivity contribution in [3.05, 3.63) is 48.2 Å². The first-order valence-electron chi connectivity index (χ1n) is 13.6. The number of halogens is 1. The van der Waals surface area contributed by atoms with Crippen LogP contribution in [0.2, 0.25) is 0 Å². The molecule has 0 radical (unpaired) electrons. The number of amides is 4. The average molecular weight is 572 g/mol. The van der Waals surface area contributed by atoms with Gasteiger partial charge in [0, 0.05) is 25.4 Å². The van der Waals surface area contributed by atoms with Crippen molar-refractivity contribution in [2.24, 2.45) is 11.8 Å². The average Bonchev–Trinajstić information content (AvgIpc) is 3.91. The van der Waals surface area contributed by atoms with Gasteiger partial charge >= 0.3 is 6.03 Å². The second-order valence-corrected chi connectivity index (χ2v) is 10.8. The van der Waals surface area contributed by atoms with Crippen LogP contribution in [0.25, 0.3) is 17.0 Å². The summed E-state index contributed by atoms with van der Waals surface area (Å²) in [5.74, 6) is -0.0419. The normalized spacial score (nSPS) is 18.7. The van der Waals surface area contributed by atoms with Gasteiger partial charge in [0.2, 0.25) is 11.9 Å². The summed E-state index contributed by atoms with van der Waals surface area (Å²) in [5.41, 5.74) is 2.13. The molecule has 2 N–H and O–H groups in total. The Kier molecular flexibility index (Phi) is 6.02. The number of anilines is 3. The van der Waals surface area contributed by atoms with Gasteiger partial charge in [0.05, 0.1) is 42.1 Å². The Morgan fingerprint density at radius 3 is 2.57 bits per heavy atom. The molecule has 1 aliphatic heterocycles. The summed E-state index contributed by atoms with van der Waals surface area (Å²) in [6.45, 7) is 1.87.